The maximum absolute atomic E-state index is 6.17. The number of aromatic nitrogens is 2. The first kappa shape index (κ1) is 13.1. The molecule has 0 aliphatic heterocycles. The van der Waals surface area contributed by atoms with Gasteiger partial charge in [-0.05, 0) is 49.6 Å². The van der Waals surface area contributed by atoms with E-state index in [2.05, 4.69) is 12.0 Å². The highest BCUT2D eigenvalue weighted by Crippen LogP contribution is 2.24. The second-order valence-electron chi connectivity index (χ2n) is 4.30. The van der Waals surface area contributed by atoms with Gasteiger partial charge in [0.2, 0.25) is 0 Å². The third kappa shape index (κ3) is 2.28. The molecule has 18 heavy (non-hydrogen) atoms. The van der Waals surface area contributed by atoms with Crippen molar-refractivity contribution < 1.29 is 0 Å². The fraction of sp³-hybridized carbons (Fsp3) is 0.357. The molecule has 0 saturated carbocycles. The van der Waals surface area contributed by atoms with Gasteiger partial charge in [-0.25, -0.2) is 4.68 Å². The van der Waals surface area contributed by atoms with E-state index in [-0.39, 0.29) is 0 Å². The minimum absolute atomic E-state index is 0.646. The van der Waals surface area contributed by atoms with Crippen molar-refractivity contribution in [3.63, 3.8) is 0 Å². The Balaban J connectivity index is 2.53. The molecule has 0 bridgehead atoms. The maximum Gasteiger partial charge on any atom is 0.0692 e. The van der Waals surface area contributed by atoms with Crippen molar-refractivity contribution >= 4 is 11.6 Å². The Labute approximate surface area is 113 Å². The van der Waals surface area contributed by atoms with E-state index in [0.717, 1.165) is 29.1 Å². The SMILES string of the molecule is CCc1c(CCN)cnn1-c1cccc(Cl)c1C. The number of rotatable bonds is 4. The number of nitrogens with zero attached hydrogens (tertiary/aromatic N) is 2. The summed E-state index contributed by atoms with van der Waals surface area (Å²) >= 11 is 6.17. The third-order valence-electron chi connectivity index (χ3n) is 3.17. The van der Waals surface area contributed by atoms with Gasteiger partial charge in [0.05, 0.1) is 11.9 Å². The summed E-state index contributed by atoms with van der Waals surface area (Å²) < 4.78 is 1.98. The van der Waals surface area contributed by atoms with Crippen LogP contribution in [0.2, 0.25) is 5.02 Å². The Kier molecular flexibility index (Phi) is 4.04. The Bertz CT molecular complexity index is 546. The average Bonchev–Trinajstić information content (AvgIpc) is 2.76. The van der Waals surface area contributed by atoms with Crippen molar-refractivity contribution in [2.75, 3.05) is 6.54 Å². The van der Waals surface area contributed by atoms with E-state index in [1.165, 1.54) is 11.3 Å². The minimum Gasteiger partial charge on any atom is -0.330 e. The molecule has 2 N–H and O–H groups in total. The van der Waals surface area contributed by atoms with Crippen LogP contribution in [0.1, 0.15) is 23.7 Å². The predicted octanol–water partition coefficient (Wildman–Crippen LogP) is 2.90. The first-order valence-electron chi connectivity index (χ1n) is 6.20. The molecule has 0 amide bonds. The molecule has 2 aromatic rings. The van der Waals surface area contributed by atoms with E-state index in [4.69, 9.17) is 17.3 Å². The van der Waals surface area contributed by atoms with Crippen LogP contribution in [0.4, 0.5) is 0 Å². The molecule has 2 rings (SSSR count). The van der Waals surface area contributed by atoms with E-state index < -0.39 is 0 Å². The quantitative estimate of drug-likeness (QED) is 0.922. The van der Waals surface area contributed by atoms with Gasteiger partial charge in [0, 0.05) is 10.7 Å². The van der Waals surface area contributed by atoms with Crippen LogP contribution >= 0.6 is 11.6 Å². The van der Waals surface area contributed by atoms with Crippen LogP contribution in [0.3, 0.4) is 0 Å². The fourth-order valence-corrected chi connectivity index (χ4v) is 2.35. The molecule has 0 aliphatic rings. The zero-order valence-electron chi connectivity index (χ0n) is 10.8. The molecule has 0 aliphatic carbocycles. The summed E-state index contributed by atoms with van der Waals surface area (Å²) in [5.41, 5.74) is 10.2. The van der Waals surface area contributed by atoms with Gasteiger partial charge in [0.1, 0.15) is 0 Å². The standard InChI is InChI=1S/C14H18ClN3/c1-3-13-11(7-8-16)9-17-18(13)14-6-4-5-12(15)10(14)2/h4-6,9H,3,7-8,16H2,1-2H3. The van der Waals surface area contributed by atoms with Crippen LogP contribution in [0.5, 0.6) is 0 Å². The number of halogens is 1. The molecule has 96 valence electrons. The Morgan fingerprint density at radius 3 is 2.83 bits per heavy atom. The van der Waals surface area contributed by atoms with Gasteiger partial charge in [-0.3, -0.25) is 0 Å². The highest BCUT2D eigenvalue weighted by atomic mass is 35.5. The molecule has 0 saturated heterocycles. The number of nitrogens with two attached hydrogens (primary N) is 1. The van der Waals surface area contributed by atoms with Crippen LogP contribution in [-0.4, -0.2) is 16.3 Å². The van der Waals surface area contributed by atoms with Crippen molar-refractivity contribution in [1.29, 1.82) is 0 Å². The van der Waals surface area contributed by atoms with Crippen molar-refractivity contribution in [2.45, 2.75) is 26.7 Å². The lowest BCUT2D eigenvalue weighted by Gasteiger charge is -2.11. The minimum atomic E-state index is 0.646. The molecule has 3 nitrogen and oxygen atoms in total. The first-order chi connectivity index (χ1) is 8.69. The molecule has 4 heteroatoms. The summed E-state index contributed by atoms with van der Waals surface area (Å²) in [6, 6.07) is 5.89. The highest BCUT2D eigenvalue weighted by Gasteiger charge is 2.12. The molecule has 0 spiro atoms. The Hall–Kier alpha value is -1.32. The summed E-state index contributed by atoms with van der Waals surface area (Å²) in [6.07, 6.45) is 3.70. The summed E-state index contributed by atoms with van der Waals surface area (Å²) in [4.78, 5) is 0. The molecule has 0 atom stereocenters. The number of hydrogen-bond donors (Lipinski definition) is 1. The van der Waals surface area contributed by atoms with Crippen molar-refractivity contribution in [1.82, 2.24) is 9.78 Å². The van der Waals surface area contributed by atoms with Gasteiger partial charge in [-0.1, -0.05) is 24.6 Å². The fourth-order valence-electron chi connectivity index (χ4n) is 2.18. The van der Waals surface area contributed by atoms with Crippen LogP contribution in [-0.2, 0) is 12.8 Å². The lowest BCUT2D eigenvalue weighted by atomic mass is 10.1. The van der Waals surface area contributed by atoms with Gasteiger partial charge in [0.15, 0.2) is 0 Å². The van der Waals surface area contributed by atoms with Gasteiger partial charge in [0.25, 0.3) is 0 Å². The monoisotopic (exact) mass is 263 g/mol. The van der Waals surface area contributed by atoms with E-state index >= 15 is 0 Å². The van der Waals surface area contributed by atoms with Gasteiger partial charge in [-0.2, -0.15) is 5.10 Å². The zero-order valence-corrected chi connectivity index (χ0v) is 11.5. The smallest absolute Gasteiger partial charge is 0.0692 e. The maximum atomic E-state index is 6.17. The largest absolute Gasteiger partial charge is 0.330 e. The zero-order chi connectivity index (χ0) is 13.1. The second-order valence-corrected chi connectivity index (χ2v) is 4.71. The lowest BCUT2D eigenvalue weighted by molar-refractivity contribution is 0.801. The molecule has 1 aromatic heterocycles. The average molecular weight is 264 g/mol. The van der Waals surface area contributed by atoms with Crippen LogP contribution in [0.25, 0.3) is 5.69 Å². The summed E-state index contributed by atoms with van der Waals surface area (Å²) in [7, 11) is 0. The highest BCUT2D eigenvalue weighted by molar-refractivity contribution is 6.31. The number of hydrogen-bond acceptors (Lipinski definition) is 2. The van der Waals surface area contributed by atoms with E-state index in [1.807, 2.05) is 36.0 Å². The van der Waals surface area contributed by atoms with Gasteiger partial charge >= 0.3 is 0 Å². The molecule has 0 radical (unpaired) electrons. The third-order valence-corrected chi connectivity index (χ3v) is 3.58. The molecule has 1 aromatic carbocycles. The van der Waals surface area contributed by atoms with Crippen LogP contribution in [0, 0.1) is 6.92 Å². The van der Waals surface area contributed by atoms with E-state index in [1.54, 1.807) is 0 Å². The topological polar surface area (TPSA) is 43.8 Å². The number of benzene rings is 1. The van der Waals surface area contributed by atoms with Crippen LogP contribution < -0.4 is 5.73 Å². The first-order valence-corrected chi connectivity index (χ1v) is 6.58. The summed E-state index contributed by atoms with van der Waals surface area (Å²) in [5.74, 6) is 0. The molecule has 1 heterocycles. The molecular formula is C14H18ClN3. The predicted molar refractivity (Wildman–Crippen MR) is 75.4 cm³/mol. The summed E-state index contributed by atoms with van der Waals surface area (Å²) in [6.45, 7) is 4.79. The van der Waals surface area contributed by atoms with Crippen molar-refractivity contribution in [3.8, 4) is 5.69 Å². The molecule has 0 fully saturated rings. The normalized spacial score (nSPS) is 10.9. The lowest BCUT2D eigenvalue weighted by Crippen LogP contribution is -2.07. The van der Waals surface area contributed by atoms with Crippen molar-refractivity contribution in [2.24, 2.45) is 5.73 Å². The molecular weight excluding hydrogens is 246 g/mol. The molecule has 0 unspecified atom stereocenters. The second kappa shape index (κ2) is 5.55. The van der Waals surface area contributed by atoms with Gasteiger partial charge < -0.3 is 5.73 Å². The van der Waals surface area contributed by atoms with E-state index in [9.17, 15) is 0 Å². The summed E-state index contributed by atoms with van der Waals surface area (Å²) in [5, 5.41) is 5.25. The van der Waals surface area contributed by atoms with Crippen molar-refractivity contribution in [3.05, 3.63) is 46.2 Å². The van der Waals surface area contributed by atoms with Gasteiger partial charge in [-0.15, -0.1) is 0 Å². The Morgan fingerprint density at radius 1 is 1.39 bits per heavy atom. The Morgan fingerprint density at radius 2 is 2.17 bits per heavy atom. The van der Waals surface area contributed by atoms with Crippen LogP contribution in [0.15, 0.2) is 24.4 Å². The van der Waals surface area contributed by atoms with E-state index in [0.29, 0.717) is 6.54 Å².